The van der Waals surface area contributed by atoms with Crippen LogP contribution in [0.25, 0.3) is 0 Å². The molecular formula is C12H18N4. The average molecular weight is 218 g/mol. The highest BCUT2D eigenvalue weighted by Crippen LogP contribution is 2.65. The van der Waals surface area contributed by atoms with Gasteiger partial charge >= 0.3 is 0 Å². The summed E-state index contributed by atoms with van der Waals surface area (Å²) in [7, 11) is 1.96. The Bertz CT molecular complexity index is 397. The number of hydrogen-bond donors (Lipinski definition) is 1. The second-order valence-electron chi connectivity index (χ2n) is 5.69. The Labute approximate surface area is 95.4 Å². The third-order valence-electron chi connectivity index (χ3n) is 5.04. The fourth-order valence-electron chi connectivity index (χ4n) is 4.29. The number of aromatic nitrogens is 3. The van der Waals surface area contributed by atoms with Crippen molar-refractivity contribution in [2.45, 2.75) is 31.8 Å². The molecule has 0 amide bonds. The molecule has 1 heterocycles. The smallest absolute Gasteiger partial charge is 0.140 e. The van der Waals surface area contributed by atoms with Gasteiger partial charge in [-0.05, 0) is 42.9 Å². The molecule has 4 nitrogen and oxygen atoms in total. The molecule has 0 radical (unpaired) electrons. The lowest BCUT2D eigenvalue weighted by Gasteiger charge is -2.09. The van der Waals surface area contributed by atoms with Gasteiger partial charge in [-0.1, -0.05) is 0 Å². The molecule has 4 atom stereocenters. The molecule has 4 heteroatoms. The van der Waals surface area contributed by atoms with Gasteiger partial charge in [-0.25, -0.2) is 4.98 Å². The monoisotopic (exact) mass is 218 g/mol. The molecule has 4 rings (SSSR count). The molecule has 3 aliphatic carbocycles. The van der Waals surface area contributed by atoms with Gasteiger partial charge in [-0.2, -0.15) is 5.10 Å². The quantitative estimate of drug-likeness (QED) is 0.821. The molecular weight excluding hydrogens is 200 g/mol. The van der Waals surface area contributed by atoms with Crippen molar-refractivity contribution in [2.75, 3.05) is 0 Å². The van der Waals surface area contributed by atoms with E-state index in [0.717, 1.165) is 42.1 Å². The Kier molecular flexibility index (Phi) is 1.76. The Morgan fingerprint density at radius 3 is 2.75 bits per heavy atom. The van der Waals surface area contributed by atoms with E-state index >= 15 is 0 Å². The van der Waals surface area contributed by atoms with Crippen molar-refractivity contribution in [1.29, 1.82) is 0 Å². The largest absolute Gasteiger partial charge is 0.306 e. The molecule has 0 aliphatic heterocycles. The molecule has 0 saturated heterocycles. The molecule has 3 aliphatic rings. The summed E-state index contributed by atoms with van der Waals surface area (Å²) in [6, 6.07) is 0.794. The van der Waals surface area contributed by atoms with Crippen LogP contribution < -0.4 is 5.32 Å². The zero-order valence-corrected chi connectivity index (χ0v) is 9.63. The molecule has 16 heavy (non-hydrogen) atoms. The van der Waals surface area contributed by atoms with Gasteiger partial charge in [0.05, 0.1) is 6.54 Å². The van der Waals surface area contributed by atoms with Gasteiger partial charge in [0.15, 0.2) is 0 Å². The van der Waals surface area contributed by atoms with Gasteiger partial charge in [-0.3, -0.25) is 4.68 Å². The van der Waals surface area contributed by atoms with Gasteiger partial charge in [0, 0.05) is 13.1 Å². The van der Waals surface area contributed by atoms with E-state index in [0.29, 0.717) is 0 Å². The number of fused-ring (bicyclic) bond motifs is 5. The van der Waals surface area contributed by atoms with Crippen LogP contribution in [0.4, 0.5) is 0 Å². The summed E-state index contributed by atoms with van der Waals surface area (Å²) in [5, 5.41) is 7.77. The fraction of sp³-hybridized carbons (Fsp3) is 0.833. The standard InChI is InChI=1S/C12H18N4/c1-16-9(14-6-15-16)5-13-12-10-7-2-3-8(4-7)11(10)12/h6-8,10-13H,2-5H2,1H3. The van der Waals surface area contributed by atoms with E-state index in [2.05, 4.69) is 15.4 Å². The van der Waals surface area contributed by atoms with E-state index < -0.39 is 0 Å². The first-order valence-corrected chi connectivity index (χ1v) is 6.41. The zero-order valence-electron chi connectivity index (χ0n) is 9.63. The minimum absolute atomic E-state index is 0.794. The van der Waals surface area contributed by atoms with Crippen molar-refractivity contribution < 1.29 is 0 Å². The van der Waals surface area contributed by atoms with Crippen LogP contribution in [0.5, 0.6) is 0 Å². The minimum atomic E-state index is 0.794. The molecule has 3 saturated carbocycles. The lowest BCUT2D eigenvalue weighted by molar-refractivity contribution is 0.454. The molecule has 2 bridgehead atoms. The third kappa shape index (κ3) is 1.14. The summed E-state index contributed by atoms with van der Waals surface area (Å²) in [6.07, 6.45) is 6.15. The average Bonchev–Trinajstić information content (AvgIpc) is 2.70. The second kappa shape index (κ2) is 3.06. The number of nitrogens with one attached hydrogen (secondary N) is 1. The molecule has 86 valence electrons. The molecule has 1 aromatic heterocycles. The van der Waals surface area contributed by atoms with Crippen LogP contribution in [-0.4, -0.2) is 20.8 Å². The molecule has 4 unspecified atom stereocenters. The first-order valence-electron chi connectivity index (χ1n) is 6.41. The van der Waals surface area contributed by atoms with Crippen molar-refractivity contribution in [1.82, 2.24) is 20.1 Å². The highest BCUT2D eigenvalue weighted by molar-refractivity contribution is 5.16. The van der Waals surface area contributed by atoms with Crippen molar-refractivity contribution in [3.05, 3.63) is 12.2 Å². The second-order valence-corrected chi connectivity index (χ2v) is 5.69. The maximum atomic E-state index is 4.25. The summed E-state index contributed by atoms with van der Waals surface area (Å²) in [5.41, 5.74) is 0. The Balaban J connectivity index is 1.39. The SMILES string of the molecule is Cn1ncnc1CNC1C2C3CCC(C3)C12. The number of rotatable bonds is 3. The van der Waals surface area contributed by atoms with Gasteiger partial charge in [0.25, 0.3) is 0 Å². The van der Waals surface area contributed by atoms with E-state index in [9.17, 15) is 0 Å². The lowest BCUT2D eigenvalue weighted by Crippen LogP contribution is -2.24. The normalized spacial score (nSPS) is 43.7. The van der Waals surface area contributed by atoms with Crippen LogP contribution in [0.15, 0.2) is 6.33 Å². The maximum Gasteiger partial charge on any atom is 0.140 e. The number of nitrogens with zero attached hydrogens (tertiary/aromatic N) is 3. The third-order valence-corrected chi connectivity index (χ3v) is 5.04. The molecule has 0 spiro atoms. The fourth-order valence-corrected chi connectivity index (χ4v) is 4.29. The Morgan fingerprint density at radius 2 is 2.12 bits per heavy atom. The summed E-state index contributed by atoms with van der Waals surface area (Å²) in [6.45, 7) is 0.883. The molecule has 1 aromatic rings. The van der Waals surface area contributed by atoms with E-state index in [4.69, 9.17) is 0 Å². The van der Waals surface area contributed by atoms with Gasteiger partial charge in [0.2, 0.25) is 0 Å². The van der Waals surface area contributed by atoms with E-state index in [-0.39, 0.29) is 0 Å². The van der Waals surface area contributed by atoms with E-state index in [1.165, 1.54) is 19.3 Å². The summed E-state index contributed by atoms with van der Waals surface area (Å²) >= 11 is 0. The highest BCUT2D eigenvalue weighted by Gasteiger charge is 2.64. The minimum Gasteiger partial charge on any atom is -0.306 e. The summed E-state index contributed by atoms with van der Waals surface area (Å²) in [5.74, 6) is 5.16. The van der Waals surface area contributed by atoms with Crippen molar-refractivity contribution in [3.8, 4) is 0 Å². The molecule has 0 aromatic carbocycles. The Morgan fingerprint density at radius 1 is 1.38 bits per heavy atom. The predicted molar refractivity (Wildman–Crippen MR) is 59.4 cm³/mol. The predicted octanol–water partition coefficient (Wildman–Crippen LogP) is 0.949. The van der Waals surface area contributed by atoms with Crippen LogP contribution in [0.1, 0.15) is 25.1 Å². The lowest BCUT2D eigenvalue weighted by atomic mass is 10.0. The van der Waals surface area contributed by atoms with Crippen LogP contribution in [0.2, 0.25) is 0 Å². The van der Waals surface area contributed by atoms with Crippen LogP contribution in [-0.2, 0) is 13.6 Å². The molecule has 1 N–H and O–H groups in total. The summed E-state index contributed by atoms with van der Waals surface area (Å²) in [4.78, 5) is 4.25. The van der Waals surface area contributed by atoms with Crippen molar-refractivity contribution in [3.63, 3.8) is 0 Å². The van der Waals surface area contributed by atoms with Gasteiger partial charge in [-0.15, -0.1) is 0 Å². The highest BCUT2D eigenvalue weighted by atomic mass is 15.3. The van der Waals surface area contributed by atoms with Crippen LogP contribution >= 0.6 is 0 Å². The molecule has 3 fully saturated rings. The van der Waals surface area contributed by atoms with Gasteiger partial charge < -0.3 is 5.32 Å². The van der Waals surface area contributed by atoms with Crippen LogP contribution in [0, 0.1) is 23.7 Å². The van der Waals surface area contributed by atoms with Crippen molar-refractivity contribution >= 4 is 0 Å². The maximum absolute atomic E-state index is 4.25. The first-order chi connectivity index (χ1) is 7.84. The number of hydrogen-bond acceptors (Lipinski definition) is 3. The zero-order chi connectivity index (χ0) is 10.7. The first kappa shape index (κ1) is 9.16. The summed E-state index contributed by atoms with van der Waals surface area (Å²) < 4.78 is 1.86. The van der Waals surface area contributed by atoms with E-state index in [1.54, 1.807) is 6.33 Å². The Hall–Kier alpha value is -0.900. The number of aryl methyl sites for hydroxylation is 1. The topological polar surface area (TPSA) is 42.7 Å². The van der Waals surface area contributed by atoms with E-state index in [1.807, 2.05) is 11.7 Å². The van der Waals surface area contributed by atoms with Gasteiger partial charge in [0.1, 0.15) is 12.2 Å². The van der Waals surface area contributed by atoms with Crippen LogP contribution in [0.3, 0.4) is 0 Å². The van der Waals surface area contributed by atoms with Crippen molar-refractivity contribution in [2.24, 2.45) is 30.7 Å².